The third-order valence-corrected chi connectivity index (χ3v) is 5.85. The smallest absolute Gasteiger partial charge is 0.224 e. The van der Waals surface area contributed by atoms with Crippen molar-refractivity contribution in [2.45, 2.75) is 26.4 Å². The van der Waals surface area contributed by atoms with Crippen molar-refractivity contribution >= 4 is 28.4 Å². The SMILES string of the molecule is Cc1cccc2cnn(CCC(=O)N3CCN(Cc4ccccc4Cl)CC3)c12. The molecule has 0 radical (unpaired) electrons. The van der Waals surface area contributed by atoms with Gasteiger partial charge in [0.1, 0.15) is 0 Å². The predicted octanol–water partition coefficient (Wildman–Crippen LogP) is 3.73. The van der Waals surface area contributed by atoms with Gasteiger partial charge in [0.2, 0.25) is 5.91 Å². The van der Waals surface area contributed by atoms with Gasteiger partial charge in [-0.3, -0.25) is 14.4 Å². The van der Waals surface area contributed by atoms with Crippen LogP contribution in [-0.4, -0.2) is 51.7 Å². The molecule has 3 aromatic rings. The van der Waals surface area contributed by atoms with Crippen LogP contribution < -0.4 is 0 Å². The summed E-state index contributed by atoms with van der Waals surface area (Å²) in [5, 5.41) is 6.40. The minimum atomic E-state index is 0.203. The fourth-order valence-corrected chi connectivity index (χ4v) is 4.08. The summed E-state index contributed by atoms with van der Waals surface area (Å²) >= 11 is 6.27. The van der Waals surface area contributed by atoms with E-state index in [9.17, 15) is 4.79 Å². The normalized spacial score (nSPS) is 15.3. The molecule has 146 valence electrons. The van der Waals surface area contributed by atoms with E-state index in [1.54, 1.807) is 0 Å². The molecule has 0 N–H and O–H groups in total. The number of halogens is 1. The molecule has 1 fully saturated rings. The Kier molecular flexibility index (Phi) is 5.64. The quantitative estimate of drug-likeness (QED) is 0.659. The zero-order valence-corrected chi connectivity index (χ0v) is 16.9. The Morgan fingerprint density at radius 1 is 1.07 bits per heavy atom. The standard InChI is InChI=1S/C22H25ClN4O/c1-17-5-4-7-18-15-24-27(22(17)18)10-9-21(28)26-13-11-25(12-14-26)16-19-6-2-3-8-20(19)23/h2-8,15H,9-14,16H2,1H3. The summed E-state index contributed by atoms with van der Waals surface area (Å²) in [4.78, 5) is 17.0. The van der Waals surface area contributed by atoms with E-state index >= 15 is 0 Å². The number of aromatic nitrogens is 2. The number of amides is 1. The van der Waals surface area contributed by atoms with Gasteiger partial charge in [0.15, 0.2) is 0 Å². The van der Waals surface area contributed by atoms with Crippen LogP contribution in [0, 0.1) is 6.92 Å². The van der Waals surface area contributed by atoms with E-state index in [2.05, 4.69) is 35.1 Å². The van der Waals surface area contributed by atoms with Gasteiger partial charge in [-0.05, 0) is 24.1 Å². The van der Waals surface area contributed by atoms with Crippen molar-refractivity contribution in [1.29, 1.82) is 0 Å². The molecule has 5 nitrogen and oxygen atoms in total. The number of aryl methyl sites for hydroxylation is 2. The first kappa shape index (κ1) is 19.0. The maximum Gasteiger partial charge on any atom is 0.224 e. The molecule has 0 atom stereocenters. The lowest BCUT2D eigenvalue weighted by Gasteiger charge is -2.35. The second-order valence-corrected chi connectivity index (χ2v) is 7.79. The number of hydrogen-bond donors (Lipinski definition) is 0. The number of piperazine rings is 1. The van der Waals surface area contributed by atoms with Crippen LogP contribution >= 0.6 is 11.6 Å². The van der Waals surface area contributed by atoms with Crippen LogP contribution in [0.4, 0.5) is 0 Å². The van der Waals surface area contributed by atoms with E-state index in [1.807, 2.05) is 40.0 Å². The number of para-hydroxylation sites is 1. The van der Waals surface area contributed by atoms with Crippen LogP contribution in [0.3, 0.4) is 0 Å². The van der Waals surface area contributed by atoms with Crippen LogP contribution in [0.15, 0.2) is 48.7 Å². The van der Waals surface area contributed by atoms with Gasteiger partial charge in [0, 0.05) is 49.6 Å². The zero-order valence-electron chi connectivity index (χ0n) is 16.1. The molecule has 6 heteroatoms. The van der Waals surface area contributed by atoms with E-state index in [0.717, 1.165) is 54.2 Å². The second kappa shape index (κ2) is 8.33. The minimum absolute atomic E-state index is 0.203. The monoisotopic (exact) mass is 396 g/mol. The van der Waals surface area contributed by atoms with Crippen molar-refractivity contribution in [1.82, 2.24) is 19.6 Å². The first-order valence-corrected chi connectivity index (χ1v) is 10.1. The summed E-state index contributed by atoms with van der Waals surface area (Å²) in [5.41, 5.74) is 3.46. The van der Waals surface area contributed by atoms with Gasteiger partial charge in [-0.25, -0.2) is 0 Å². The molecule has 28 heavy (non-hydrogen) atoms. The van der Waals surface area contributed by atoms with Crippen LogP contribution in [0.25, 0.3) is 10.9 Å². The number of carbonyl (C=O) groups excluding carboxylic acids is 1. The highest BCUT2D eigenvalue weighted by Gasteiger charge is 2.21. The van der Waals surface area contributed by atoms with E-state index < -0.39 is 0 Å². The van der Waals surface area contributed by atoms with Gasteiger partial charge in [0.05, 0.1) is 18.3 Å². The lowest BCUT2D eigenvalue weighted by atomic mass is 10.1. The number of carbonyl (C=O) groups is 1. The van der Waals surface area contributed by atoms with Crippen molar-refractivity contribution in [2.75, 3.05) is 26.2 Å². The Morgan fingerprint density at radius 3 is 2.64 bits per heavy atom. The predicted molar refractivity (Wildman–Crippen MR) is 112 cm³/mol. The van der Waals surface area contributed by atoms with Crippen molar-refractivity contribution < 1.29 is 4.79 Å². The third kappa shape index (κ3) is 4.05. The summed E-state index contributed by atoms with van der Waals surface area (Å²) in [5.74, 6) is 0.203. The van der Waals surface area contributed by atoms with Crippen molar-refractivity contribution in [3.8, 4) is 0 Å². The van der Waals surface area contributed by atoms with E-state index in [4.69, 9.17) is 11.6 Å². The van der Waals surface area contributed by atoms with Gasteiger partial charge in [-0.15, -0.1) is 0 Å². The lowest BCUT2D eigenvalue weighted by molar-refractivity contribution is -0.133. The first-order chi connectivity index (χ1) is 13.6. The fraction of sp³-hybridized carbons (Fsp3) is 0.364. The number of nitrogens with zero attached hydrogens (tertiary/aromatic N) is 4. The van der Waals surface area contributed by atoms with E-state index in [1.165, 1.54) is 5.56 Å². The summed E-state index contributed by atoms with van der Waals surface area (Å²) in [7, 11) is 0. The maximum atomic E-state index is 12.7. The Morgan fingerprint density at radius 2 is 1.86 bits per heavy atom. The van der Waals surface area contributed by atoms with E-state index in [-0.39, 0.29) is 5.91 Å². The molecule has 0 aliphatic carbocycles. The van der Waals surface area contributed by atoms with Crippen LogP contribution in [0.2, 0.25) is 5.02 Å². The number of rotatable bonds is 5. The molecule has 0 saturated carbocycles. The number of fused-ring (bicyclic) bond motifs is 1. The van der Waals surface area contributed by atoms with Gasteiger partial charge in [-0.1, -0.05) is 48.0 Å². The molecule has 4 rings (SSSR count). The molecule has 1 aromatic heterocycles. The van der Waals surface area contributed by atoms with Crippen molar-refractivity contribution in [3.05, 3.63) is 64.8 Å². The molecule has 2 heterocycles. The third-order valence-electron chi connectivity index (χ3n) is 5.48. The van der Waals surface area contributed by atoms with Gasteiger partial charge in [-0.2, -0.15) is 5.10 Å². The first-order valence-electron chi connectivity index (χ1n) is 9.76. The highest BCUT2D eigenvalue weighted by molar-refractivity contribution is 6.31. The summed E-state index contributed by atoms with van der Waals surface area (Å²) in [6.45, 7) is 6.82. The molecule has 0 unspecified atom stereocenters. The summed E-state index contributed by atoms with van der Waals surface area (Å²) in [6, 6.07) is 14.1. The highest BCUT2D eigenvalue weighted by atomic mass is 35.5. The van der Waals surface area contributed by atoms with Crippen LogP contribution in [0.1, 0.15) is 17.5 Å². The second-order valence-electron chi connectivity index (χ2n) is 7.38. The Balaban J connectivity index is 1.30. The Labute approximate surface area is 170 Å². The average Bonchev–Trinajstić information content (AvgIpc) is 3.13. The van der Waals surface area contributed by atoms with E-state index in [0.29, 0.717) is 13.0 Å². The molecular weight excluding hydrogens is 372 g/mol. The van der Waals surface area contributed by atoms with Gasteiger partial charge >= 0.3 is 0 Å². The fourth-order valence-electron chi connectivity index (χ4n) is 3.88. The Hall–Kier alpha value is -2.37. The molecular formula is C22H25ClN4O. The zero-order chi connectivity index (χ0) is 19.5. The van der Waals surface area contributed by atoms with Crippen LogP contribution in [0.5, 0.6) is 0 Å². The number of hydrogen-bond acceptors (Lipinski definition) is 3. The maximum absolute atomic E-state index is 12.7. The van der Waals surface area contributed by atoms with Crippen molar-refractivity contribution in [2.24, 2.45) is 0 Å². The molecule has 1 aliphatic rings. The molecule has 2 aromatic carbocycles. The molecule has 0 spiro atoms. The van der Waals surface area contributed by atoms with Gasteiger partial charge < -0.3 is 4.90 Å². The summed E-state index contributed by atoms with van der Waals surface area (Å²) in [6.07, 6.45) is 2.36. The van der Waals surface area contributed by atoms with Crippen molar-refractivity contribution in [3.63, 3.8) is 0 Å². The Bertz CT molecular complexity index is 976. The van der Waals surface area contributed by atoms with Gasteiger partial charge in [0.25, 0.3) is 0 Å². The number of benzene rings is 2. The largest absolute Gasteiger partial charge is 0.340 e. The summed E-state index contributed by atoms with van der Waals surface area (Å²) < 4.78 is 1.95. The molecule has 1 saturated heterocycles. The average molecular weight is 397 g/mol. The molecule has 1 aliphatic heterocycles. The van der Waals surface area contributed by atoms with Crippen LogP contribution in [-0.2, 0) is 17.9 Å². The highest BCUT2D eigenvalue weighted by Crippen LogP contribution is 2.19. The lowest BCUT2D eigenvalue weighted by Crippen LogP contribution is -2.48. The topological polar surface area (TPSA) is 41.4 Å². The molecule has 1 amide bonds. The molecule has 0 bridgehead atoms. The minimum Gasteiger partial charge on any atom is -0.340 e.